The molecule has 0 aliphatic rings. The Bertz CT molecular complexity index is 187. The third kappa shape index (κ3) is 6.87. The van der Waals surface area contributed by atoms with Crippen LogP contribution in [0, 0.1) is 5.41 Å². The molecule has 18 heavy (non-hydrogen) atoms. The van der Waals surface area contributed by atoms with E-state index in [-0.39, 0.29) is 5.41 Å². The van der Waals surface area contributed by atoms with E-state index in [0.29, 0.717) is 0 Å². The predicted octanol–water partition coefficient (Wildman–Crippen LogP) is 2.85. The zero-order valence-electron chi connectivity index (χ0n) is 13.5. The molecule has 0 fully saturated rings. The van der Waals surface area contributed by atoms with E-state index in [4.69, 9.17) is 0 Å². The van der Waals surface area contributed by atoms with E-state index in [1.54, 1.807) is 0 Å². The van der Waals surface area contributed by atoms with Gasteiger partial charge in [-0.15, -0.1) is 0 Å². The smallest absolute Gasteiger partial charge is 0.132 e. The molecule has 0 aromatic heterocycles. The van der Waals surface area contributed by atoms with Gasteiger partial charge < -0.3 is 5.11 Å². The lowest BCUT2D eigenvalue weighted by atomic mass is 9.48. The van der Waals surface area contributed by atoms with Gasteiger partial charge in [0.1, 0.15) is 15.7 Å². The molecular formula is C15H34B2O. The molecule has 0 bridgehead atoms. The fourth-order valence-corrected chi connectivity index (χ4v) is 2.62. The summed E-state index contributed by atoms with van der Waals surface area (Å²) in [6, 6.07) is 0. The van der Waals surface area contributed by atoms with Gasteiger partial charge in [-0.3, -0.25) is 0 Å². The molecular weight excluding hydrogens is 218 g/mol. The number of rotatable bonds is 11. The van der Waals surface area contributed by atoms with Crippen LogP contribution in [0.3, 0.4) is 0 Å². The van der Waals surface area contributed by atoms with Crippen molar-refractivity contribution in [2.24, 2.45) is 5.41 Å². The van der Waals surface area contributed by atoms with Crippen LogP contribution in [0.15, 0.2) is 0 Å². The minimum atomic E-state index is -0.550. The molecule has 3 heteroatoms. The first-order valence-electron chi connectivity index (χ1n) is 8.09. The Morgan fingerprint density at radius 2 is 1.17 bits per heavy atom. The van der Waals surface area contributed by atoms with E-state index < -0.39 is 5.40 Å². The minimum absolute atomic E-state index is 0.0917. The molecule has 106 valence electrons. The van der Waals surface area contributed by atoms with Gasteiger partial charge in [0.25, 0.3) is 0 Å². The Hall–Kier alpha value is 0.0899. The second-order valence-corrected chi connectivity index (χ2v) is 6.74. The summed E-state index contributed by atoms with van der Waals surface area (Å²) in [6.45, 7) is 6.78. The van der Waals surface area contributed by atoms with Crippen LogP contribution in [0.2, 0.25) is 0 Å². The summed E-state index contributed by atoms with van der Waals surface area (Å²) in [5.74, 6) is 0. The molecule has 0 aromatic rings. The quantitative estimate of drug-likeness (QED) is 0.442. The van der Waals surface area contributed by atoms with E-state index in [1.807, 2.05) is 15.7 Å². The lowest BCUT2D eigenvalue weighted by molar-refractivity contribution is 0.0463. The molecule has 1 N–H and O–H groups in total. The fourth-order valence-electron chi connectivity index (χ4n) is 2.62. The van der Waals surface area contributed by atoms with Crippen molar-refractivity contribution in [2.75, 3.05) is 0 Å². The van der Waals surface area contributed by atoms with Crippen molar-refractivity contribution in [2.45, 2.75) is 90.4 Å². The molecule has 0 rings (SSSR count). The topological polar surface area (TPSA) is 20.2 Å². The van der Waals surface area contributed by atoms with Gasteiger partial charge in [-0.1, -0.05) is 72.1 Å². The van der Waals surface area contributed by atoms with Gasteiger partial charge >= 0.3 is 0 Å². The van der Waals surface area contributed by atoms with Crippen molar-refractivity contribution in [1.82, 2.24) is 0 Å². The third-order valence-electron chi connectivity index (χ3n) is 4.64. The van der Waals surface area contributed by atoms with Crippen molar-refractivity contribution in [3.8, 4) is 0 Å². The van der Waals surface area contributed by atoms with Crippen LogP contribution < -0.4 is 0 Å². The summed E-state index contributed by atoms with van der Waals surface area (Å²) in [5.41, 5.74) is 0.0917. The van der Waals surface area contributed by atoms with Crippen LogP contribution in [-0.4, -0.2) is 26.2 Å². The molecule has 0 heterocycles. The average molecular weight is 252 g/mol. The molecule has 0 atom stereocenters. The van der Waals surface area contributed by atoms with E-state index >= 15 is 0 Å². The molecule has 0 spiro atoms. The Labute approximate surface area is 117 Å². The van der Waals surface area contributed by atoms with Crippen LogP contribution in [0.4, 0.5) is 0 Å². The normalized spacial score (nSPS) is 12.9. The molecule has 1 nitrogen and oxygen atoms in total. The molecule has 0 unspecified atom stereocenters. The van der Waals surface area contributed by atoms with Gasteiger partial charge in [0, 0.05) is 5.40 Å². The zero-order valence-corrected chi connectivity index (χ0v) is 13.5. The van der Waals surface area contributed by atoms with Crippen molar-refractivity contribution in [1.29, 1.82) is 0 Å². The molecule has 0 amide bonds. The van der Waals surface area contributed by atoms with Crippen molar-refractivity contribution >= 4 is 15.7 Å². The van der Waals surface area contributed by atoms with Gasteiger partial charge in [-0.2, -0.15) is 0 Å². The van der Waals surface area contributed by atoms with Crippen LogP contribution in [-0.2, 0) is 0 Å². The first-order chi connectivity index (χ1) is 8.37. The van der Waals surface area contributed by atoms with Gasteiger partial charge in [-0.25, -0.2) is 0 Å². The monoisotopic (exact) mass is 252 g/mol. The van der Waals surface area contributed by atoms with Crippen molar-refractivity contribution < 1.29 is 5.11 Å². The zero-order chi connectivity index (χ0) is 14.1. The average Bonchev–Trinajstić information content (AvgIpc) is 2.29. The van der Waals surface area contributed by atoms with Crippen LogP contribution in [0.1, 0.15) is 85.0 Å². The first-order valence-corrected chi connectivity index (χ1v) is 8.09. The van der Waals surface area contributed by atoms with Gasteiger partial charge in [0.15, 0.2) is 0 Å². The molecule has 0 radical (unpaired) electrons. The van der Waals surface area contributed by atoms with Gasteiger partial charge in [0.2, 0.25) is 0 Å². The maximum absolute atomic E-state index is 10.4. The highest BCUT2D eigenvalue weighted by Crippen LogP contribution is 2.38. The summed E-state index contributed by atoms with van der Waals surface area (Å²) in [5, 5.41) is 9.90. The summed E-state index contributed by atoms with van der Waals surface area (Å²) < 4.78 is 0. The first kappa shape index (κ1) is 18.1. The Morgan fingerprint density at radius 1 is 0.778 bits per heavy atom. The molecule has 0 aromatic carbocycles. The number of hydrogen-bond donors (Lipinski definition) is 1. The molecule has 0 aliphatic carbocycles. The standard InChI is InChI=1S/C15H34B2O/c1-4-6-8-10-12-14(3,15(16,17)18)13-11-9-7-5-2/h18H,4-13,16-17H2,1-3H3. The van der Waals surface area contributed by atoms with Crippen molar-refractivity contribution in [3.63, 3.8) is 0 Å². The van der Waals surface area contributed by atoms with Crippen LogP contribution >= 0.6 is 0 Å². The van der Waals surface area contributed by atoms with Crippen LogP contribution in [0.5, 0.6) is 0 Å². The summed E-state index contributed by atoms with van der Waals surface area (Å²) >= 11 is 0. The fraction of sp³-hybridized carbons (Fsp3) is 1.00. The lowest BCUT2D eigenvalue weighted by Crippen LogP contribution is -2.47. The van der Waals surface area contributed by atoms with E-state index in [1.165, 1.54) is 64.2 Å². The largest absolute Gasteiger partial charge is 0.407 e. The Kier molecular flexibility index (Phi) is 9.11. The second kappa shape index (κ2) is 9.07. The number of unbranched alkanes of at least 4 members (excludes halogenated alkanes) is 6. The SMILES string of the molecule is BC(B)(O)C(C)(CCCCCC)CCCCCC. The number of hydrogen-bond acceptors (Lipinski definition) is 1. The maximum Gasteiger partial charge on any atom is 0.132 e. The highest BCUT2D eigenvalue weighted by atomic mass is 16.3. The number of aliphatic hydroxyl groups is 1. The minimum Gasteiger partial charge on any atom is -0.407 e. The highest BCUT2D eigenvalue weighted by molar-refractivity contribution is 6.39. The lowest BCUT2D eigenvalue weighted by Gasteiger charge is -2.42. The highest BCUT2D eigenvalue weighted by Gasteiger charge is 2.37. The second-order valence-electron chi connectivity index (χ2n) is 6.74. The van der Waals surface area contributed by atoms with Crippen molar-refractivity contribution in [3.05, 3.63) is 0 Å². The summed E-state index contributed by atoms with van der Waals surface area (Å²) in [7, 11) is 3.99. The predicted molar refractivity (Wildman–Crippen MR) is 87.7 cm³/mol. The Morgan fingerprint density at radius 3 is 1.44 bits per heavy atom. The van der Waals surface area contributed by atoms with E-state index in [0.717, 1.165) is 0 Å². The van der Waals surface area contributed by atoms with E-state index in [2.05, 4.69) is 20.8 Å². The van der Waals surface area contributed by atoms with E-state index in [9.17, 15) is 5.11 Å². The Balaban J connectivity index is 4.17. The van der Waals surface area contributed by atoms with Gasteiger partial charge in [0.05, 0.1) is 0 Å². The molecule has 0 saturated carbocycles. The summed E-state index contributed by atoms with van der Waals surface area (Å²) in [6.07, 6.45) is 12.7. The molecule has 0 aliphatic heterocycles. The maximum atomic E-state index is 10.4. The van der Waals surface area contributed by atoms with Crippen LogP contribution in [0.25, 0.3) is 0 Å². The third-order valence-corrected chi connectivity index (χ3v) is 4.64. The van der Waals surface area contributed by atoms with Gasteiger partial charge in [-0.05, 0) is 18.3 Å². The summed E-state index contributed by atoms with van der Waals surface area (Å²) in [4.78, 5) is 0. The molecule has 0 saturated heterocycles.